The second-order valence-electron chi connectivity index (χ2n) is 5.25. The first-order chi connectivity index (χ1) is 8.46. The smallest absolute Gasteiger partial charge is 0.122 e. The lowest BCUT2D eigenvalue weighted by Crippen LogP contribution is -2.32. The summed E-state index contributed by atoms with van der Waals surface area (Å²) in [6, 6.07) is 4.15. The van der Waals surface area contributed by atoms with Crippen molar-refractivity contribution in [3.8, 4) is 5.75 Å². The minimum Gasteiger partial charge on any atom is -0.494 e. The highest BCUT2D eigenvalue weighted by Gasteiger charge is 2.25. The van der Waals surface area contributed by atoms with Crippen molar-refractivity contribution in [2.24, 2.45) is 0 Å². The van der Waals surface area contributed by atoms with Crippen LogP contribution in [0.3, 0.4) is 0 Å². The van der Waals surface area contributed by atoms with Crippen molar-refractivity contribution in [1.82, 2.24) is 0 Å². The Morgan fingerprint density at radius 1 is 1.33 bits per heavy atom. The van der Waals surface area contributed by atoms with Crippen LogP contribution in [0, 0.1) is 0 Å². The molecule has 2 rings (SSSR count). The van der Waals surface area contributed by atoms with Gasteiger partial charge in [-0.15, -0.1) is 0 Å². The molecular weight excluding hydrogens is 224 g/mol. The first-order valence-electron chi connectivity index (χ1n) is 6.43. The lowest BCUT2D eigenvalue weighted by Gasteiger charge is -2.33. The molecule has 98 valence electrons. The fraction of sp³-hybridized carbons (Fsp3) is 0.467. The van der Waals surface area contributed by atoms with Crippen LogP contribution in [0.15, 0.2) is 18.2 Å². The van der Waals surface area contributed by atoms with Gasteiger partial charge in [0.1, 0.15) is 5.75 Å². The van der Waals surface area contributed by atoms with Crippen LogP contribution in [0.1, 0.15) is 33.3 Å². The van der Waals surface area contributed by atoms with E-state index in [1.807, 2.05) is 20.0 Å². The predicted molar refractivity (Wildman–Crippen MR) is 78.5 cm³/mol. The zero-order chi connectivity index (χ0) is 13.3. The molecule has 2 N–H and O–H groups in total. The van der Waals surface area contributed by atoms with Gasteiger partial charge in [-0.3, -0.25) is 0 Å². The van der Waals surface area contributed by atoms with Gasteiger partial charge in [0.25, 0.3) is 0 Å². The number of ether oxygens (including phenoxy) is 1. The standard InChI is InChI=1S/C15H22N2O/c1-6-18-11-7-12-10(2)9-15(3,4)17-14(12)13(8-11)16-5/h7-9,16-17H,6H2,1-5H3. The topological polar surface area (TPSA) is 33.3 Å². The quantitative estimate of drug-likeness (QED) is 0.852. The first-order valence-corrected chi connectivity index (χ1v) is 6.43. The monoisotopic (exact) mass is 246 g/mol. The molecule has 1 aliphatic rings. The molecule has 0 saturated heterocycles. The molecule has 1 aromatic carbocycles. The van der Waals surface area contributed by atoms with Crippen LogP contribution in [-0.2, 0) is 0 Å². The van der Waals surface area contributed by atoms with Crippen molar-refractivity contribution in [1.29, 1.82) is 0 Å². The number of hydrogen-bond acceptors (Lipinski definition) is 3. The van der Waals surface area contributed by atoms with Gasteiger partial charge >= 0.3 is 0 Å². The molecule has 3 nitrogen and oxygen atoms in total. The summed E-state index contributed by atoms with van der Waals surface area (Å²) in [6.45, 7) is 9.19. The van der Waals surface area contributed by atoms with E-state index in [0.717, 1.165) is 17.1 Å². The third-order valence-electron chi connectivity index (χ3n) is 3.14. The van der Waals surface area contributed by atoms with Gasteiger partial charge in [-0.25, -0.2) is 0 Å². The molecule has 0 saturated carbocycles. The second-order valence-corrected chi connectivity index (χ2v) is 5.25. The summed E-state index contributed by atoms with van der Waals surface area (Å²) in [7, 11) is 1.94. The average molecular weight is 246 g/mol. The van der Waals surface area contributed by atoms with E-state index in [-0.39, 0.29) is 5.54 Å². The summed E-state index contributed by atoms with van der Waals surface area (Å²) in [4.78, 5) is 0. The van der Waals surface area contributed by atoms with E-state index in [4.69, 9.17) is 4.74 Å². The number of rotatable bonds is 3. The number of allylic oxidation sites excluding steroid dienone is 1. The maximum Gasteiger partial charge on any atom is 0.122 e. The Bertz CT molecular complexity index is 490. The number of nitrogens with one attached hydrogen (secondary N) is 2. The Balaban J connectivity index is 2.56. The van der Waals surface area contributed by atoms with Crippen molar-refractivity contribution in [3.05, 3.63) is 23.8 Å². The van der Waals surface area contributed by atoms with Crippen LogP contribution in [0.25, 0.3) is 5.57 Å². The van der Waals surface area contributed by atoms with Crippen molar-refractivity contribution >= 4 is 16.9 Å². The third kappa shape index (κ3) is 2.30. The highest BCUT2D eigenvalue weighted by molar-refractivity contribution is 5.89. The fourth-order valence-electron chi connectivity index (χ4n) is 2.49. The van der Waals surface area contributed by atoms with Crippen LogP contribution in [0.2, 0.25) is 0 Å². The number of anilines is 2. The van der Waals surface area contributed by atoms with Crippen LogP contribution >= 0.6 is 0 Å². The van der Waals surface area contributed by atoms with Crippen LogP contribution in [0.5, 0.6) is 5.75 Å². The van der Waals surface area contributed by atoms with Gasteiger partial charge in [0.15, 0.2) is 0 Å². The molecule has 0 fully saturated rings. The van der Waals surface area contributed by atoms with Crippen LogP contribution in [-0.4, -0.2) is 19.2 Å². The zero-order valence-electron chi connectivity index (χ0n) is 11.8. The maximum atomic E-state index is 5.62. The number of fused-ring (bicyclic) bond motifs is 1. The van der Waals surface area contributed by atoms with Gasteiger partial charge < -0.3 is 15.4 Å². The second kappa shape index (κ2) is 4.56. The molecule has 0 aliphatic carbocycles. The van der Waals surface area contributed by atoms with E-state index in [1.165, 1.54) is 11.1 Å². The van der Waals surface area contributed by atoms with Gasteiger partial charge in [-0.1, -0.05) is 6.08 Å². The third-order valence-corrected chi connectivity index (χ3v) is 3.14. The van der Waals surface area contributed by atoms with Crippen molar-refractivity contribution in [2.45, 2.75) is 33.2 Å². The summed E-state index contributed by atoms with van der Waals surface area (Å²) in [5, 5.41) is 6.80. The SMILES string of the molecule is CCOc1cc(NC)c2c(c1)C(C)=CC(C)(C)N2. The Kier molecular flexibility index (Phi) is 3.24. The Morgan fingerprint density at radius 3 is 2.67 bits per heavy atom. The van der Waals surface area contributed by atoms with Gasteiger partial charge in [-0.05, 0) is 39.3 Å². The summed E-state index contributed by atoms with van der Waals surface area (Å²) in [5.41, 5.74) is 4.72. The Morgan fingerprint density at radius 2 is 2.06 bits per heavy atom. The first kappa shape index (κ1) is 12.8. The molecule has 1 aromatic rings. The van der Waals surface area contributed by atoms with E-state index in [1.54, 1.807) is 0 Å². The zero-order valence-corrected chi connectivity index (χ0v) is 11.8. The average Bonchev–Trinajstić information content (AvgIpc) is 2.28. The van der Waals surface area contributed by atoms with E-state index in [9.17, 15) is 0 Å². The molecule has 0 radical (unpaired) electrons. The minimum absolute atomic E-state index is 0.0180. The highest BCUT2D eigenvalue weighted by atomic mass is 16.5. The van der Waals surface area contributed by atoms with E-state index in [0.29, 0.717) is 6.61 Å². The summed E-state index contributed by atoms with van der Waals surface area (Å²) >= 11 is 0. The normalized spacial score (nSPS) is 16.4. The van der Waals surface area contributed by atoms with E-state index >= 15 is 0 Å². The van der Waals surface area contributed by atoms with Crippen molar-refractivity contribution in [3.63, 3.8) is 0 Å². The van der Waals surface area contributed by atoms with Crippen LogP contribution < -0.4 is 15.4 Å². The fourth-order valence-corrected chi connectivity index (χ4v) is 2.49. The molecule has 18 heavy (non-hydrogen) atoms. The van der Waals surface area contributed by atoms with Crippen molar-refractivity contribution < 1.29 is 4.74 Å². The lowest BCUT2D eigenvalue weighted by atomic mass is 9.90. The predicted octanol–water partition coefficient (Wildman–Crippen LogP) is 3.73. The number of benzene rings is 1. The molecular formula is C15H22N2O. The van der Waals surface area contributed by atoms with Gasteiger partial charge in [-0.2, -0.15) is 0 Å². The van der Waals surface area contributed by atoms with Gasteiger partial charge in [0.2, 0.25) is 0 Å². The largest absolute Gasteiger partial charge is 0.494 e. The Hall–Kier alpha value is -1.64. The summed E-state index contributed by atoms with van der Waals surface area (Å²) in [5.74, 6) is 0.912. The molecule has 1 heterocycles. The van der Waals surface area contributed by atoms with Crippen molar-refractivity contribution in [2.75, 3.05) is 24.3 Å². The maximum absolute atomic E-state index is 5.62. The van der Waals surface area contributed by atoms with E-state index in [2.05, 4.69) is 43.5 Å². The van der Waals surface area contributed by atoms with E-state index < -0.39 is 0 Å². The minimum atomic E-state index is -0.0180. The molecule has 0 aromatic heterocycles. The molecule has 0 atom stereocenters. The van der Waals surface area contributed by atoms with Crippen LogP contribution in [0.4, 0.5) is 11.4 Å². The highest BCUT2D eigenvalue weighted by Crippen LogP contribution is 2.41. The summed E-state index contributed by atoms with van der Waals surface area (Å²) in [6.07, 6.45) is 2.25. The lowest BCUT2D eigenvalue weighted by molar-refractivity contribution is 0.340. The molecule has 0 unspecified atom stereocenters. The Labute approximate surface area is 109 Å². The molecule has 1 aliphatic heterocycles. The summed E-state index contributed by atoms with van der Waals surface area (Å²) < 4.78 is 5.62. The van der Waals surface area contributed by atoms with Gasteiger partial charge in [0.05, 0.1) is 23.5 Å². The molecule has 3 heteroatoms. The van der Waals surface area contributed by atoms with Gasteiger partial charge in [0, 0.05) is 18.7 Å². The number of hydrogen-bond donors (Lipinski definition) is 2. The molecule has 0 bridgehead atoms. The molecule has 0 amide bonds. The molecule has 0 spiro atoms.